The monoisotopic (exact) mass is 262 g/mol. The fraction of sp³-hybridized carbons (Fsp3) is 0.867. The highest BCUT2D eigenvalue weighted by atomic mass is 15.4. The van der Waals surface area contributed by atoms with Crippen LogP contribution in [0.15, 0.2) is 6.20 Å². The maximum absolute atomic E-state index is 4.38. The number of aromatic nitrogens is 3. The Balaban J connectivity index is 1.55. The predicted octanol–water partition coefficient (Wildman–Crippen LogP) is 2.92. The highest BCUT2D eigenvalue weighted by Crippen LogP contribution is 2.35. The SMILES string of the molecule is CCC1CCCCC1n1cc(CNCC2CC2)nn1. The van der Waals surface area contributed by atoms with Crippen LogP contribution < -0.4 is 5.32 Å². The highest BCUT2D eigenvalue weighted by molar-refractivity contribution is 4.94. The molecular formula is C15H26N4. The zero-order valence-electron chi connectivity index (χ0n) is 12.0. The van der Waals surface area contributed by atoms with E-state index in [-0.39, 0.29) is 0 Å². The largest absolute Gasteiger partial charge is 0.311 e. The third-order valence-electron chi connectivity index (χ3n) is 4.73. The molecule has 2 atom stereocenters. The van der Waals surface area contributed by atoms with Gasteiger partial charge in [-0.1, -0.05) is 31.4 Å². The van der Waals surface area contributed by atoms with E-state index in [1.165, 1.54) is 44.9 Å². The normalized spacial score (nSPS) is 27.6. The van der Waals surface area contributed by atoms with E-state index < -0.39 is 0 Å². The summed E-state index contributed by atoms with van der Waals surface area (Å²) in [6.07, 6.45) is 11.6. The zero-order chi connectivity index (χ0) is 13.1. The fourth-order valence-electron chi connectivity index (χ4n) is 3.30. The van der Waals surface area contributed by atoms with E-state index in [4.69, 9.17) is 0 Å². The second-order valence-corrected chi connectivity index (χ2v) is 6.28. The van der Waals surface area contributed by atoms with Crippen molar-refractivity contribution in [3.63, 3.8) is 0 Å². The molecule has 4 nitrogen and oxygen atoms in total. The van der Waals surface area contributed by atoms with Gasteiger partial charge in [0.25, 0.3) is 0 Å². The van der Waals surface area contributed by atoms with Gasteiger partial charge in [-0.3, -0.25) is 0 Å². The van der Waals surface area contributed by atoms with Crippen molar-refractivity contribution < 1.29 is 0 Å². The Kier molecular flexibility index (Phi) is 4.16. The second kappa shape index (κ2) is 6.04. The molecule has 106 valence electrons. The molecule has 1 N–H and O–H groups in total. The van der Waals surface area contributed by atoms with Gasteiger partial charge in [-0.15, -0.1) is 5.10 Å². The van der Waals surface area contributed by atoms with Gasteiger partial charge in [0.1, 0.15) is 0 Å². The molecule has 1 heterocycles. The van der Waals surface area contributed by atoms with Gasteiger partial charge in [-0.05, 0) is 44.1 Å². The highest BCUT2D eigenvalue weighted by Gasteiger charge is 2.26. The first-order valence-electron chi connectivity index (χ1n) is 7.98. The van der Waals surface area contributed by atoms with E-state index in [2.05, 4.69) is 33.4 Å². The van der Waals surface area contributed by atoms with Crippen molar-refractivity contribution in [2.45, 2.75) is 64.5 Å². The Labute approximate surface area is 116 Å². The molecule has 0 aromatic carbocycles. The molecule has 2 unspecified atom stereocenters. The molecule has 0 bridgehead atoms. The van der Waals surface area contributed by atoms with E-state index in [9.17, 15) is 0 Å². The van der Waals surface area contributed by atoms with Crippen molar-refractivity contribution in [2.75, 3.05) is 6.54 Å². The lowest BCUT2D eigenvalue weighted by Gasteiger charge is -2.30. The quantitative estimate of drug-likeness (QED) is 0.857. The van der Waals surface area contributed by atoms with Crippen molar-refractivity contribution in [1.29, 1.82) is 0 Å². The molecule has 0 spiro atoms. The number of hydrogen-bond acceptors (Lipinski definition) is 3. The molecule has 2 fully saturated rings. The van der Waals surface area contributed by atoms with E-state index in [1.54, 1.807) is 0 Å². The molecule has 19 heavy (non-hydrogen) atoms. The minimum Gasteiger partial charge on any atom is -0.311 e. The summed E-state index contributed by atoms with van der Waals surface area (Å²) in [5, 5.41) is 12.2. The maximum Gasteiger partial charge on any atom is 0.0964 e. The van der Waals surface area contributed by atoms with Gasteiger partial charge in [0.05, 0.1) is 17.9 Å². The predicted molar refractivity (Wildman–Crippen MR) is 75.7 cm³/mol. The third-order valence-corrected chi connectivity index (χ3v) is 4.73. The van der Waals surface area contributed by atoms with E-state index in [0.29, 0.717) is 6.04 Å². The summed E-state index contributed by atoms with van der Waals surface area (Å²) in [7, 11) is 0. The molecule has 4 heteroatoms. The third kappa shape index (κ3) is 3.35. The summed E-state index contributed by atoms with van der Waals surface area (Å²) in [4.78, 5) is 0. The molecule has 0 amide bonds. The van der Waals surface area contributed by atoms with Gasteiger partial charge >= 0.3 is 0 Å². The van der Waals surface area contributed by atoms with Crippen molar-refractivity contribution >= 4 is 0 Å². The molecule has 2 aliphatic carbocycles. The van der Waals surface area contributed by atoms with Gasteiger partial charge in [0, 0.05) is 6.54 Å². The van der Waals surface area contributed by atoms with Gasteiger partial charge in [0.2, 0.25) is 0 Å². The number of hydrogen-bond donors (Lipinski definition) is 1. The van der Waals surface area contributed by atoms with Crippen LogP contribution in [0.25, 0.3) is 0 Å². The maximum atomic E-state index is 4.38. The van der Waals surface area contributed by atoms with E-state index in [1.807, 2.05) is 0 Å². The van der Waals surface area contributed by atoms with Crippen LogP contribution in [-0.2, 0) is 6.54 Å². The van der Waals surface area contributed by atoms with Crippen molar-refractivity contribution in [3.05, 3.63) is 11.9 Å². The standard InChI is InChI=1S/C15H26N4/c1-2-13-5-3-4-6-15(13)19-11-14(17-18-19)10-16-9-12-7-8-12/h11-13,15-16H,2-10H2,1H3. The Morgan fingerprint density at radius 1 is 1.26 bits per heavy atom. The Morgan fingerprint density at radius 3 is 2.89 bits per heavy atom. The molecule has 2 saturated carbocycles. The van der Waals surface area contributed by atoms with Crippen molar-refractivity contribution in [1.82, 2.24) is 20.3 Å². The molecule has 2 aliphatic rings. The summed E-state index contributed by atoms with van der Waals surface area (Å²) in [6.45, 7) is 4.33. The average molecular weight is 262 g/mol. The Bertz CT molecular complexity index is 397. The van der Waals surface area contributed by atoms with Crippen molar-refractivity contribution in [3.8, 4) is 0 Å². The van der Waals surface area contributed by atoms with Crippen LogP contribution in [0.4, 0.5) is 0 Å². The van der Waals surface area contributed by atoms with Gasteiger partial charge < -0.3 is 5.32 Å². The smallest absolute Gasteiger partial charge is 0.0964 e. The van der Waals surface area contributed by atoms with Crippen LogP contribution in [0.1, 0.15) is 63.6 Å². The van der Waals surface area contributed by atoms with E-state index >= 15 is 0 Å². The topological polar surface area (TPSA) is 42.7 Å². The Hall–Kier alpha value is -0.900. The van der Waals surface area contributed by atoms with Crippen LogP contribution in [0.3, 0.4) is 0 Å². The molecule has 1 aromatic rings. The van der Waals surface area contributed by atoms with Crippen LogP contribution >= 0.6 is 0 Å². The van der Waals surface area contributed by atoms with Crippen LogP contribution in [-0.4, -0.2) is 21.5 Å². The van der Waals surface area contributed by atoms with E-state index in [0.717, 1.165) is 30.6 Å². The average Bonchev–Trinajstić information content (AvgIpc) is 3.15. The minimum atomic E-state index is 0.587. The molecule has 0 radical (unpaired) electrons. The van der Waals surface area contributed by atoms with Gasteiger partial charge in [-0.2, -0.15) is 0 Å². The number of rotatable bonds is 6. The van der Waals surface area contributed by atoms with Crippen LogP contribution in [0, 0.1) is 11.8 Å². The Morgan fingerprint density at radius 2 is 2.11 bits per heavy atom. The molecule has 1 aromatic heterocycles. The first-order valence-corrected chi connectivity index (χ1v) is 7.98. The second-order valence-electron chi connectivity index (χ2n) is 6.28. The van der Waals surface area contributed by atoms with Gasteiger partial charge in [-0.25, -0.2) is 4.68 Å². The summed E-state index contributed by atoms with van der Waals surface area (Å²) < 4.78 is 2.14. The number of nitrogens with one attached hydrogen (secondary N) is 1. The van der Waals surface area contributed by atoms with Crippen LogP contribution in [0.2, 0.25) is 0 Å². The summed E-state index contributed by atoms with van der Waals surface area (Å²) >= 11 is 0. The lowest BCUT2D eigenvalue weighted by molar-refractivity contribution is 0.214. The van der Waals surface area contributed by atoms with Gasteiger partial charge in [0.15, 0.2) is 0 Å². The molecular weight excluding hydrogens is 236 g/mol. The molecule has 0 saturated heterocycles. The van der Waals surface area contributed by atoms with Crippen molar-refractivity contribution in [2.24, 2.45) is 11.8 Å². The molecule has 3 rings (SSSR count). The summed E-state index contributed by atoms with van der Waals surface area (Å²) in [5.41, 5.74) is 1.10. The lowest BCUT2D eigenvalue weighted by atomic mass is 9.83. The molecule has 0 aliphatic heterocycles. The van der Waals surface area contributed by atoms with Crippen LogP contribution in [0.5, 0.6) is 0 Å². The number of nitrogens with zero attached hydrogens (tertiary/aromatic N) is 3. The zero-order valence-corrected chi connectivity index (χ0v) is 12.0. The first-order chi connectivity index (χ1) is 9.36. The summed E-state index contributed by atoms with van der Waals surface area (Å²) in [6, 6.07) is 0.587. The fourth-order valence-corrected chi connectivity index (χ4v) is 3.30. The summed E-state index contributed by atoms with van der Waals surface area (Å²) in [5.74, 6) is 1.72. The first kappa shape index (κ1) is 13.1. The minimum absolute atomic E-state index is 0.587. The lowest BCUT2D eigenvalue weighted by Crippen LogP contribution is -2.23.